The lowest BCUT2D eigenvalue weighted by molar-refractivity contribution is 0.0572. The molecule has 1 fully saturated rings. The second-order valence-electron chi connectivity index (χ2n) is 4.91. The van der Waals surface area contributed by atoms with Crippen LogP contribution in [0.25, 0.3) is 10.8 Å². The van der Waals surface area contributed by atoms with Crippen LogP contribution in [0.2, 0.25) is 0 Å². The van der Waals surface area contributed by atoms with Gasteiger partial charge in [-0.2, -0.15) is 0 Å². The van der Waals surface area contributed by atoms with Crippen LogP contribution in [0.3, 0.4) is 0 Å². The monoisotopic (exact) mass is 257 g/mol. The fraction of sp³-hybridized carbons (Fsp3) is 0.267. The first-order valence-corrected chi connectivity index (χ1v) is 6.29. The van der Waals surface area contributed by atoms with Crippen molar-refractivity contribution < 1.29 is 15.0 Å². The number of aliphatic hydroxyl groups is 2. The van der Waals surface area contributed by atoms with Crippen LogP contribution in [0.4, 0.5) is 0 Å². The SMILES string of the molecule is O=C(c1ccc2ccccc2c1)N1CC(O)C(O)C1. The molecule has 1 aliphatic rings. The molecule has 19 heavy (non-hydrogen) atoms. The van der Waals surface area contributed by atoms with Gasteiger partial charge in [0, 0.05) is 18.7 Å². The molecule has 0 aliphatic carbocycles. The van der Waals surface area contributed by atoms with Crippen LogP contribution >= 0.6 is 0 Å². The standard InChI is InChI=1S/C15H15NO3/c17-13-8-16(9-14(13)18)15(19)12-6-5-10-3-1-2-4-11(10)7-12/h1-7,13-14,17-18H,8-9H2. The maximum absolute atomic E-state index is 12.3. The molecular weight excluding hydrogens is 242 g/mol. The molecule has 1 saturated heterocycles. The number of carbonyl (C=O) groups excluding carboxylic acids is 1. The van der Waals surface area contributed by atoms with Crippen LogP contribution in [-0.4, -0.2) is 46.3 Å². The molecule has 4 nitrogen and oxygen atoms in total. The van der Waals surface area contributed by atoms with Crippen LogP contribution in [0.5, 0.6) is 0 Å². The van der Waals surface area contributed by atoms with Crippen molar-refractivity contribution in [3.8, 4) is 0 Å². The van der Waals surface area contributed by atoms with Crippen molar-refractivity contribution in [3.05, 3.63) is 48.0 Å². The van der Waals surface area contributed by atoms with E-state index in [0.717, 1.165) is 10.8 Å². The fourth-order valence-electron chi connectivity index (χ4n) is 2.44. The lowest BCUT2D eigenvalue weighted by atomic mass is 10.1. The summed E-state index contributed by atoms with van der Waals surface area (Å²) in [7, 11) is 0. The highest BCUT2D eigenvalue weighted by molar-refractivity contribution is 5.98. The van der Waals surface area contributed by atoms with Gasteiger partial charge < -0.3 is 15.1 Å². The van der Waals surface area contributed by atoms with Crippen molar-refractivity contribution in [2.45, 2.75) is 12.2 Å². The van der Waals surface area contributed by atoms with Gasteiger partial charge in [0.05, 0.1) is 12.2 Å². The quantitative estimate of drug-likeness (QED) is 0.801. The van der Waals surface area contributed by atoms with E-state index in [1.54, 1.807) is 6.07 Å². The average Bonchev–Trinajstić information content (AvgIpc) is 2.77. The Morgan fingerprint density at radius 2 is 1.63 bits per heavy atom. The lowest BCUT2D eigenvalue weighted by Gasteiger charge is -2.15. The van der Waals surface area contributed by atoms with Crippen molar-refractivity contribution in [1.82, 2.24) is 4.90 Å². The van der Waals surface area contributed by atoms with Crippen molar-refractivity contribution >= 4 is 16.7 Å². The van der Waals surface area contributed by atoms with E-state index < -0.39 is 12.2 Å². The first kappa shape index (κ1) is 12.1. The molecule has 2 N–H and O–H groups in total. The van der Waals surface area contributed by atoms with Crippen molar-refractivity contribution in [1.29, 1.82) is 0 Å². The number of aliphatic hydroxyl groups excluding tert-OH is 2. The Morgan fingerprint density at radius 3 is 2.32 bits per heavy atom. The van der Waals surface area contributed by atoms with Gasteiger partial charge in [-0.1, -0.05) is 30.3 Å². The molecule has 2 atom stereocenters. The minimum atomic E-state index is -0.843. The smallest absolute Gasteiger partial charge is 0.254 e. The lowest BCUT2D eigenvalue weighted by Crippen LogP contribution is -2.29. The molecular formula is C15H15NO3. The van der Waals surface area contributed by atoms with Gasteiger partial charge in [-0.05, 0) is 22.9 Å². The summed E-state index contributed by atoms with van der Waals surface area (Å²) in [6.45, 7) is 0.375. The predicted octanol–water partition coefficient (Wildman–Crippen LogP) is 1.02. The van der Waals surface area contributed by atoms with Gasteiger partial charge in [0.2, 0.25) is 0 Å². The number of hydrogen-bond acceptors (Lipinski definition) is 3. The van der Waals surface area contributed by atoms with E-state index in [1.165, 1.54) is 4.90 Å². The van der Waals surface area contributed by atoms with E-state index in [-0.39, 0.29) is 19.0 Å². The molecule has 0 spiro atoms. The van der Waals surface area contributed by atoms with Crippen LogP contribution < -0.4 is 0 Å². The molecule has 3 rings (SSSR count). The van der Waals surface area contributed by atoms with E-state index in [2.05, 4.69) is 0 Å². The van der Waals surface area contributed by atoms with Crippen molar-refractivity contribution in [2.75, 3.05) is 13.1 Å². The normalized spacial score (nSPS) is 22.9. The summed E-state index contributed by atoms with van der Waals surface area (Å²) in [4.78, 5) is 13.8. The Morgan fingerprint density at radius 1 is 1.00 bits per heavy atom. The molecule has 98 valence electrons. The zero-order chi connectivity index (χ0) is 13.4. The summed E-state index contributed by atoms with van der Waals surface area (Å²) in [6, 6.07) is 13.4. The third-order valence-electron chi connectivity index (χ3n) is 3.54. The highest BCUT2D eigenvalue weighted by Crippen LogP contribution is 2.19. The van der Waals surface area contributed by atoms with Crippen molar-refractivity contribution in [2.24, 2.45) is 0 Å². The van der Waals surface area contributed by atoms with Gasteiger partial charge in [0.1, 0.15) is 0 Å². The number of benzene rings is 2. The first-order valence-electron chi connectivity index (χ1n) is 6.29. The van der Waals surface area contributed by atoms with E-state index in [4.69, 9.17) is 0 Å². The molecule has 0 radical (unpaired) electrons. The molecule has 1 amide bonds. The number of carbonyl (C=O) groups is 1. The third kappa shape index (κ3) is 2.20. The summed E-state index contributed by atoms with van der Waals surface area (Å²) in [5, 5.41) is 21.1. The third-order valence-corrected chi connectivity index (χ3v) is 3.54. The van der Waals surface area contributed by atoms with Crippen LogP contribution in [0.15, 0.2) is 42.5 Å². The molecule has 0 aromatic heterocycles. The fourth-order valence-corrected chi connectivity index (χ4v) is 2.44. The van der Waals surface area contributed by atoms with Crippen molar-refractivity contribution in [3.63, 3.8) is 0 Å². The van der Waals surface area contributed by atoms with Gasteiger partial charge in [-0.3, -0.25) is 4.79 Å². The summed E-state index contributed by atoms with van der Waals surface area (Å²) >= 11 is 0. The number of rotatable bonds is 1. The number of likely N-dealkylation sites (tertiary alicyclic amines) is 1. The highest BCUT2D eigenvalue weighted by Gasteiger charge is 2.32. The second-order valence-corrected chi connectivity index (χ2v) is 4.91. The van der Waals surface area contributed by atoms with Crippen LogP contribution in [0, 0.1) is 0 Å². The molecule has 2 aromatic rings. The van der Waals surface area contributed by atoms with E-state index in [9.17, 15) is 15.0 Å². The Hall–Kier alpha value is -1.91. The number of nitrogens with zero attached hydrogens (tertiary/aromatic N) is 1. The molecule has 4 heteroatoms. The zero-order valence-corrected chi connectivity index (χ0v) is 10.4. The minimum Gasteiger partial charge on any atom is -0.388 e. The van der Waals surface area contributed by atoms with Gasteiger partial charge in [0.25, 0.3) is 5.91 Å². The Labute approximate surface area is 110 Å². The topological polar surface area (TPSA) is 60.8 Å². The number of fused-ring (bicyclic) bond motifs is 1. The maximum Gasteiger partial charge on any atom is 0.254 e. The zero-order valence-electron chi connectivity index (χ0n) is 10.4. The van der Waals surface area contributed by atoms with Gasteiger partial charge in [-0.25, -0.2) is 0 Å². The molecule has 1 heterocycles. The number of hydrogen-bond donors (Lipinski definition) is 2. The maximum atomic E-state index is 12.3. The summed E-state index contributed by atoms with van der Waals surface area (Å²) in [5.74, 6) is -0.152. The Kier molecular flexibility index (Phi) is 2.97. The van der Waals surface area contributed by atoms with Gasteiger partial charge in [0.15, 0.2) is 0 Å². The summed E-state index contributed by atoms with van der Waals surface area (Å²) < 4.78 is 0. The first-order chi connectivity index (χ1) is 9.15. The molecule has 0 bridgehead atoms. The van der Waals surface area contributed by atoms with E-state index in [0.29, 0.717) is 5.56 Å². The highest BCUT2D eigenvalue weighted by atomic mass is 16.3. The predicted molar refractivity (Wildman–Crippen MR) is 71.9 cm³/mol. The van der Waals surface area contributed by atoms with E-state index in [1.807, 2.05) is 36.4 Å². The Balaban J connectivity index is 1.90. The Bertz CT molecular complexity index is 616. The average molecular weight is 257 g/mol. The van der Waals surface area contributed by atoms with Gasteiger partial charge >= 0.3 is 0 Å². The van der Waals surface area contributed by atoms with Gasteiger partial charge in [-0.15, -0.1) is 0 Å². The molecule has 2 aromatic carbocycles. The molecule has 2 unspecified atom stereocenters. The summed E-state index contributed by atoms with van der Waals surface area (Å²) in [5.41, 5.74) is 0.583. The molecule has 0 saturated carbocycles. The largest absolute Gasteiger partial charge is 0.388 e. The number of β-amino-alcohol motifs (C(OH)–C–C–N with tert-alkyl or cyclic N) is 2. The number of amides is 1. The van der Waals surface area contributed by atoms with Crippen LogP contribution in [0.1, 0.15) is 10.4 Å². The second kappa shape index (κ2) is 4.64. The van der Waals surface area contributed by atoms with Crippen LogP contribution in [-0.2, 0) is 0 Å². The summed E-state index contributed by atoms with van der Waals surface area (Å²) in [6.07, 6.45) is -1.69. The molecule has 1 aliphatic heterocycles. The van der Waals surface area contributed by atoms with E-state index >= 15 is 0 Å². The minimum absolute atomic E-state index is 0.152.